The fourth-order valence-corrected chi connectivity index (χ4v) is 4.25. The topological polar surface area (TPSA) is 46.2 Å². The van der Waals surface area contributed by atoms with Crippen molar-refractivity contribution >= 4 is 44.6 Å². The molecule has 0 saturated heterocycles. The third-order valence-electron chi connectivity index (χ3n) is 2.20. The third-order valence-corrected chi connectivity index (χ3v) is 5.96. The molecule has 0 saturated carbocycles. The molecule has 0 fully saturated rings. The summed E-state index contributed by atoms with van der Waals surface area (Å²) >= 11 is 12.5. The van der Waals surface area contributed by atoms with Crippen molar-refractivity contribution < 1.29 is 8.42 Å². The molecule has 17 heavy (non-hydrogen) atoms. The lowest BCUT2D eigenvalue weighted by atomic mass is 10.2. The van der Waals surface area contributed by atoms with Crippen molar-refractivity contribution in [1.29, 1.82) is 0 Å². The Morgan fingerprint density at radius 1 is 1.35 bits per heavy atom. The highest BCUT2D eigenvalue weighted by Gasteiger charge is 2.17. The van der Waals surface area contributed by atoms with Crippen LogP contribution in [0.5, 0.6) is 0 Å². The van der Waals surface area contributed by atoms with Gasteiger partial charge >= 0.3 is 0 Å². The molecule has 0 spiro atoms. The van der Waals surface area contributed by atoms with Gasteiger partial charge in [-0.3, -0.25) is 0 Å². The zero-order valence-electron chi connectivity index (χ0n) is 9.50. The van der Waals surface area contributed by atoms with E-state index in [4.69, 9.17) is 23.2 Å². The van der Waals surface area contributed by atoms with Gasteiger partial charge in [0, 0.05) is 12.4 Å². The summed E-state index contributed by atoms with van der Waals surface area (Å²) in [6.45, 7) is 2.23. The molecule has 1 aromatic heterocycles. The molecule has 1 aromatic rings. The fraction of sp³-hybridized carbons (Fsp3) is 0.600. The van der Waals surface area contributed by atoms with Crippen molar-refractivity contribution in [1.82, 2.24) is 4.72 Å². The molecule has 98 valence electrons. The van der Waals surface area contributed by atoms with Crippen LogP contribution >= 0.6 is 34.5 Å². The average Bonchev–Trinajstić information content (AvgIpc) is 2.60. The summed E-state index contributed by atoms with van der Waals surface area (Å²) in [6.07, 6.45) is 2.63. The van der Waals surface area contributed by atoms with Crippen LogP contribution in [-0.2, 0) is 10.0 Å². The first-order valence-corrected chi connectivity index (χ1v) is 8.50. The summed E-state index contributed by atoms with van der Waals surface area (Å²) in [5.41, 5.74) is 0.791. The quantitative estimate of drug-likeness (QED) is 0.619. The monoisotopic (exact) mass is 315 g/mol. The van der Waals surface area contributed by atoms with Gasteiger partial charge in [0.1, 0.15) is 4.21 Å². The van der Waals surface area contributed by atoms with E-state index in [9.17, 15) is 8.42 Å². The average molecular weight is 316 g/mol. The smallest absolute Gasteiger partial charge is 0.210 e. The summed E-state index contributed by atoms with van der Waals surface area (Å²) < 4.78 is 27.0. The molecule has 1 N–H and O–H groups in total. The Bertz CT molecular complexity index is 437. The molecule has 0 aromatic carbocycles. The Labute approximate surface area is 116 Å². The van der Waals surface area contributed by atoms with E-state index >= 15 is 0 Å². The van der Waals surface area contributed by atoms with Gasteiger partial charge in [0.15, 0.2) is 0 Å². The molecule has 0 atom stereocenters. The molecule has 0 radical (unpaired) electrons. The number of hydrogen-bond donors (Lipinski definition) is 1. The molecule has 1 rings (SSSR count). The van der Waals surface area contributed by atoms with E-state index in [1.807, 2.05) is 0 Å². The Morgan fingerprint density at radius 3 is 2.59 bits per heavy atom. The number of thiophene rings is 1. The highest BCUT2D eigenvalue weighted by molar-refractivity contribution is 7.91. The minimum atomic E-state index is -3.40. The second-order valence-electron chi connectivity index (χ2n) is 3.67. The maximum absolute atomic E-state index is 11.8. The first-order valence-electron chi connectivity index (χ1n) is 5.29. The zero-order valence-corrected chi connectivity index (χ0v) is 12.6. The van der Waals surface area contributed by atoms with Crippen molar-refractivity contribution in [2.24, 2.45) is 0 Å². The minimum Gasteiger partial charge on any atom is -0.210 e. The maximum Gasteiger partial charge on any atom is 0.250 e. The second kappa shape index (κ2) is 6.95. The van der Waals surface area contributed by atoms with E-state index in [0.717, 1.165) is 36.2 Å². The first kappa shape index (κ1) is 15.2. The van der Waals surface area contributed by atoms with Crippen LogP contribution < -0.4 is 4.72 Å². The van der Waals surface area contributed by atoms with Gasteiger partial charge in [-0.1, -0.05) is 18.0 Å². The molecule has 3 nitrogen and oxygen atoms in total. The van der Waals surface area contributed by atoms with Gasteiger partial charge in [-0.25, -0.2) is 13.1 Å². The Balaban J connectivity index is 2.51. The van der Waals surface area contributed by atoms with Gasteiger partial charge in [0.2, 0.25) is 10.0 Å². The number of alkyl halides is 1. The van der Waals surface area contributed by atoms with E-state index in [0.29, 0.717) is 16.8 Å². The molecule has 0 aliphatic heterocycles. The zero-order chi connectivity index (χ0) is 12.9. The van der Waals surface area contributed by atoms with Gasteiger partial charge < -0.3 is 0 Å². The van der Waals surface area contributed by atoms with Crippen molar-refractivity contribution in [3.8, 4) is 0 Å². The number of hydrogen-bond acceptors (Lipinski definition) is 3. The predicted octanol–water partition coefficient (Wildman–Crippen LogP) is 3.40. The van der Waals surface area contributed by atoms with E-state index in [1.54, 1.807) is 13.0 Å². The summed E-state index contributed by atoms with van der Waals surface area (Å²) in [5.74, 6) is 0.618. The van der Waals surface area contributed by atoms with Crippen LogP contribution in [0.3, 0.4) is 0 Å². The summed E-state index contributed by atoms with van der Waals surface area (Å²) in [7, 11) is -3.40. The molecule has 7 heteroatoms. The normalized spacial score (nSPS) is 11.9. The Kier molecular flexibility index (Phi) is 6.23. The van der Waals surface area contributed by atoms with Crippen LogP contribution in [0.25, 0.3) is 0 Å². The minimum absolute atomic E-state index is 0.275. The van der Waals surface area contributed by atoms with Crippen molar-refractivity contribution in [2.45, 2.75) is 30.4 Å². The third kappa shape index (κ3) is 4.75. The van der Waals surface area contributed by atoms with Crippen molar-refractivity contribution in [3.05, 3.63) is 16.0 Å². The van der Waals surface area contributed by atoms with E-state index in [2.05, 4.69) is 4.72 Å². The largest absolute Gasteiger partial charge is 0.250 e. The molecular formula is C10H15Cl2NO2S2. The van der Waals surface area contributed by atoms with Gasteiger partial charge in [0.25, 0.3) is 0 Å². The van der Waals surface area contributed by atoms with Crippen LogP contribution in [0.1, 0.15) is 24.8 Å². The lowest BCUT2D eigenvalue weighted by molar-refractivity contribution is 0.578. The summed E-state index contributed by atoms with van der Waals surface area (Å²) in [4.78, 5) is 0. The number of unbranched alkanes of at least 4 members (excludes halogenated alkanes) is 2. The molecule has 1 heterocycles. The summed E-state index contributed by atoms with van der Waals surface area (Å²) in [6, 6.07) is 1.59. The summed E-state index contributed by atoms with van der Waals surface area (Å²) in [5, 5.41) is 0. The SMILES string of the molecule is Cc1cc(S(=O)(=O)NCCCCCCl)sc1Cl. The maximum atomic E-state index is 11.8. The lowest BCUT2D eigenvalue weighted by Gasteiger charge is -2.03. The van der Waals surface area contributed by atoms with Gasteiger partial charge in [0.05, 0.1) is 4.34 Å². The van der Waals surface area contributed by atoms with Crippen LogP contribution in [0.2, 0.25) is 4.34 Å². The van der Waals surface area contributed by atoms with Gasteiger partial charge in [-0.2, -0.15) is 0 Å². The highest BCUT2D eigenvalue weighted by Crippen LogP contribution is 2.29. The molecule has 0 bridgehead atoms. The Morgan fingerprint density at radius 2 is 2.06 bits per heavy atom. The highest BCUT2D eigenvalue weighted by atomic mass is 35.5. The molecule has 0 unspecified atom stereocenters. The molecular weight excluding hydrogens is 301 g/mol. The van der Waals surface area contributed by atoms with Crippen LogP contribution in [-0.4, -0.2) is 20.8 Å². The Hall–Kier alpha value is 0.190. The lowest BCUT2D eigenvalue weighted by Crippen LogP contribution is -2.24. The molecule has 0 aliphatic carbocycles. The predicted molar refractivity (Wildman–Crippen MR) is 73.8 cm³/mol. The molecule has 0 amide bonds. The van der Waals surface area contributed by atoms with Crippen LogP contribution in [0.15, 0.2) is 10.3 Å². The molecule has 0 aliphatic rings. The van der Waals surface area contributed by atoms with Gasteiger partial charge in [-0.15, -0.1) is 22.9 Å². The standard InChI is InChI=1S/C10H15Cl2NO2S2/c1-8-7-9(16-10(8)12)17(14,15)13-6-4-2-3-5-11/h7,13H,2-6H2,1H3. The van der Waals surface area contributed by atoms with Gasteiger partial charge in [-0.05, 0) is 31.4 Å². The second-order valence-corrected chi connectivity index (χ2v) is 7.70. The number of nitrogens with one attached hydrogen (secondary N) is 1. The number of sulfonamides is 1. The van der Waals surface area contributed by atoms with E-state index < -0.39 is 10.0 Å². The first-order chi connectivity index (χ1) is 7.97. The van der Waals surface area contributed by atoms with Crippen molar-refractivity contribution in [2.75, 3.05) is 12.4 Å². The number of halogens is 2. The van der Waals surface area contributed by atoms with E-state index in [-0.39, 0.29) is 4.21 Å². The van der Waals surface area contributed by atoms with E-state index in [1.165, 1.54) is 0 Å². The van der Waals surface area contributed by atoms with Crippen molar-refractivity contribution in [3.63, 3.8) is 0 Å². The van der Waals surface area contributed by atoms with Crippen LogP contribution in [0.4, 0.5) is 0 Å². The fourth-order valence-electron chi connectivity index (χ4n) is 1.24. The van der Waals surface area contributed by atoms with Crippen LogP contribution in [0, 0.1) is 6.92 Å². The number of aryl methyl sites for hydroxylation is 1. The number of rotatable bonds is 7.